The van der Waals surface area contributed by atoms with Gasteiger partial charge in [-0.2, -0.15) is 5.10 Å². The van der Waals surface area contributed by atoms with E-state index >= 15 is 0 Å². The zero-order valence-electron chi connectivity index (χ0n) is 18.7. The molecule has 1 N–H and O–H groups in total. The van der Waals surface area contributed by atoms with Crippen molar-refractivity contribution < 1.29 is 9.53 Å². The van der Waals surface area contributed by atoms with E-state index in [1.54, 1.807) is 7.11 Å². The fourth-order valence-corrected chi connectivity index (χ4v) is 5.09. The third-order valence-corrected chi connectivity index (χ3v) is 6.83. The molecular weight excluding hydrogens is 402 g/mol. The molecule has 7 heteroatoms. The summed E-state index contributed by atoms with van der Waals surface area (Å²) >= 11 is 0. The SMILES string of the molecule is COc1cccc(N2CCN(CCC3=NNC(C=O)N3c3cccc4c3CCC4)CC2)c1. The summed E-state index contributed by atoms with van der Waals surface area (Å²) in [7, 11) is 1.71. The summed E-state index contributed by atoms with van der Waals surface area (Å²) in [5.41, 5.74) is 8.17. The minimum Gasteiger partial charge on any atom is -0.497 e. The van der Waals surface area contributed by atoms with Gasteiger partial charge in [-0.1, -0.05) is 18.2 Å². The van der Waals surface area contributed by atoms with E-state index in [0.29, 0.717) is 0 Å². The van der Waals surface area contributed by atoms with E-state index in [0.717, 1.165) is 75.5 Å². The number of hydrazone groups is 1. The Balaban J connectivity index is 1.21. The number of hydrogen-bond acceptors (Lipinski definition) is 7. The van der Waals surface area contributed by atoms with Crippen molar-refractivity contribution in [2.75, 3.05) is 49.6 Å². The van der Waals surface area contributed by atoms with Crippen LogP contribution >= 0.6 is 0 Å². The third-order valence-electron chi connectivity index (χ3n) is 6.83. The summed E-state index contributed by atoms with van der Waals surface area (Å²) in [5.74, 6) is 1.85. The highest BCUT2D eigenvalue weighted by atomic mass is 16.5. The summed E-state index contributed by atoms with van der Waals surface area (Å²) in [5, 5.41) is 4.55. The number of methoxy groups -OCH3 is 1. The highest BCUT2D eigenvalue weighted by molar-refractivity contribution is 6.03. The molecular formula is C25H31N5O2. The number of nitrogens with zero attached hydrogens (tertiary/aromatic N) is 4. The number of carbonyl (C=O) groups is 1. The molecule has 1 atom stereocenters. The van der Waals surface area contributed by atoms with Crippen LogP contribution < -0.4 is 20.0 Å². The van der Waals surface area contributed by atoms with Crippen LogP contribution in [0.15, 0.2) is 47.6 Å². The molecule has 7 nitrogen and oxygen atoms in total. The summed E-state index contributed by atoms with van der Waals surface area (Å²) in [6.45, 7) is 4.94. The molecule has 3 aliphatic rings. The second kappa shape index (κ2) is 9.20. The Bertz CT molecular complexity index is 1000. The Labute approximate surface area is 189 Å². The molecule has 1 aliphatic carbocycles. The van der Waals surface area contributed by atoms with Crippen molar-refractivity contribution in [3.05, 3.63) is 53.6 Å². The number of piperazine rings is 1. The van der Waals surface area contributed by atoms with Crippen LogP contribution in [-0.4, -0.2) is 63.0 Å². The Hall–Kier alpha value is -3.06. The molecule has 1 saturated heterocycles. The molecule has 168 valence electrons. The van der Waals surface area contributed by atoms with Crippen LogP contribution in [0.5, 0.6) is 5.75 Å². The van der Waals surface area contributed by atoms with Crippen molar-refractivity contribution >= 4 is 23.5 Å². The number of fused-ring (bicyclic) bond motifs is 1. The number of nitrogens with one attached hydrogen (secondary N) is 1. The average Bonchev–Trinajstić information content (AvgIpc) is 3.50. The highest BCUT2D eigenvalue weighted by Gasteiger charge is 2.32. The van der Waals surface area contributed by atoms with Gasteiger partial charge in [0.05, 0.1) is 7.11 Å². The van der Waals surface area contributed by atoms with Crippen molar-refractivity contribution in [1.82, 2.24) is 10.3 Å². The Morgan fingerprint density at radius 2 is 1.97 bits per heavy atom. The monoisotopic (exact) mass is 433 g/mol. The molecule has 32 heavy (non-hydrogen) atoms. The predicted octanol–water partition coefficient (Wildman–Crippen LogP) is 2.64. The molecule has 2 aromatic rings. The van der Waals surface area contributed by atoms with Crippen molar-refractivity contribution in [3.63, 3.8) is 0 Å². The van der Waals surface area contributed by atoms with Gasteiger partial charge in [-0.15, -0.1) is 0 Å². The molecule has 0 saturated carbocycles. The normalized spacial score (nSPS) is 20.7. The van der Waals surface area contributed by atoms with Crippen LogP contribution in [0.3, 0.4) is 0 Å². The largest absolute Gasteiger partial charge is 0.497 e. The fraction of sp³-hybridized carbons (Fsp3) is 0.440. The van der Waals surface area contributed by atoms with Gasteiger partial charge in [-0.3, -0.25) is 20.0 Å². The van der Waals surface area contributed by atoms with Crippen LogP contribution in [0.1, 0.15) is 24.0 Å². The van der Waals surface area contributed by atoms with Gasteiger partial charge >= 0.3 is 0 Å². The lowest BCUT2D eigenvalue weighted by molar-refractivity contribution is -0.109. The van der Waals surface area contributed by atoms with E-state index in [4.69, 9.17) is 4.74 Å². The molecule has 0 radical (unpaired) electrons. The van der Waals surface area contributed by atoms with Gasteiger partial charge in [0, 0.05) is 56.6 Å². The smallest absolute Gasteiger partial charge is 0.177 e. The first kappa shape index (κ1) is 20.8. The zero-order valence-corrected chi connectivity index (χ0v) is 18.7. The number of ether oxygens (including phenoxy) is 1. The van der Waals surface area contributed by atoms with E-state index in [9.17, 15) is 4.79 Å². The second-order valence-corrected chi connectivity index (χ2v) is 8.66. The van der Waals surface area contributed by atoms with Gasteiger partial charge in [0.1, 0.15) is 11.6 Å². The number of hydrogen-bond donors (Lipinski definition) is 1. The third kappa shape index (κ3) is 4.05. The number of carbonyl (C=O) groups excluding carboxylic acids is 1. The lowest BCUT2D eigenvalue weighted by Gasteiger charge is -2.36. The van der Waals surface area contributed by atoms with Crippen molar-refractivity contribution in [2.24, 2.45) is 5.10 Å². The van der Waals surface area contributed by atoms with Crippen molar-refractivity contribution in [2.45, 2.75) is 31.8 Å². The van der Waals surface area contributed by atoms with E-state index in [2.05, 4.69) is 55.6 Å². The van der Waals surface area contributed by atoms with Gasteiger partial charge in [0.15, 0.2) is 12.5 Å². The maximum absolute atomic E-state index is 11.8. The summed E-state index contributed by atoms with van der Waals surface area (Å²) in [6, 6.07) is 14.7. The molecule has 2 aromatic carbocycles. The van der Waals surface area contributed by atoms with Gasteiger partial charge < -0.3 is 9.64 Å². The number of rotatable bonds is 7. The first-order chi connectivity index (χ1) is 15.8. The Morgan fingerprint density at radius 1 is 1.12 bits per heavy atom. The molecule has 0 bridgehead atoms. The molecule has 1 unspecified atom stereocenters. The first-order valence-electron chi connectivity index (χ1n) is 11.6. The Kier molecular flexibility index (Phi) is 5.99. The average molecular weight is 434 g/mol. The first-order valence-corrected chi connectivity index (χ1v) is 11.6. The van der Waals surface area contributed by atoms with Gasteiger partial charge in [-0.05, 0) is 48.6 Å². The van der Waals surface area contributed by atoms with Crippen LogP contribution in [0.4, 0.5) is 11.4 Å². The van der Waals surface area contributed by atoms with E-state index in [-0.39, 0.29) is 0 Å². The number of anilines is 2. The minimum atomic E-state index is -0.415. The summed E-state index contributed by atoms with van der Waals surface area (Å²) < 4.78 is 5.37. The fourth-order valence-electron chi connectivity index (χ4n) is 5.09. The van der Waals surface area contributed by atoms with Crippen LogP contribution in [0, 0.1) is 0 Å². The lowest BCUT2D eigenvalue weighted by Crippen LogP contribution is -2.48. The number of benzene rings is 2. The van der Waals surface area contributed by atoms with Crippen LogP contribution in [0.2, 0.25) is 0 Å². The summed E-state index contributed by atoms with van der Waals surface area (Å²) in [6.07, 6.45) is 4.75. The predicted molar refractivity (Wildman–Crippen MR) is 128 cm³/mol. The molecule has 0 amide bonds. The highest BCUT2D eigenvalue weighted by Crippen LogP contribution is 2.33. The second-order valence-electron chi connectivity index (χ2n) is 8.66. The molecule has 5 rings (SSSR count). The number of aryl methyl sites for hydroxylation is 1. The standard InChI is InChI=1S/C25H31N5O2/c1-32-21-8-4-7-20(17-21)29-15-13-28(14-16-29)12-11-24-26-27-25(18-31)30(24)23-10-3-6-19-5-2-9-22(19)23/h3-4,6-8,10,17-18,25,27H,2,5,9,11-16H2,1H3. The van der Waals surface area contributed by atoms with Gasteiger partial charge in [-0.25, -0.2) is 0 Å². The zero-order chi connectivity index (χ0) is 21.9. The van der Waals surface area contributed by atoms with E-state index < -0.39 is 6.17 Å². The molecule has 2 aliphatic heterocycles. The number of amidine groups is 1. The van der Waals surface area contributed by atoms with Crippen LogP contribution in [0.25, 0.3) is 0 Å². The topological polar surface area (TPSA) is 60.4 Å². The van der Waals surface area contributed by atoms with Crippen molar-refractivity contribution in [3.8, 4) is 5.75 Å². The van der Waals surface area contributed by atoms with Gasteiger partial charge in [0.25, 0.3) is 0 Å². The van der Waals surface area contributed by atoms with E-state index in [1.807, 2.05) is 12.1 Å². The Morgan fingerprint density at radius 3 is 2.78 bits per heavy atom. The maximum Gasteiger partial charge on any atom is 0.177 e. The van der Waals surface area contributed by atoms with Crippen LogP contribution in [-0.2, 0) is 17.6 Å². The van der Waals surface area contributed by atoms with E-state index in [1.165, 1.54) is 23.2 Å². The molecule has 1 fully saturated rings. The molecule has 2 heterocycles. The van der Waals surface area contributed by atoms with Gasteiger partial charge in [0.2, 0.25) is 0 Å². The lowest BCUT2D eigenvalue weighted by atomic mass is 10.1. The molecule has 0 aromatic heterocycles. The maximum atomic E-state index is 11.8. The quantitative estimate of drug-likeness (QED) is 0.678. The van der Waals surface area contributed by atoms with Crippen molar-refractivity contribution in [1.29, 1.82) is 0 Å². The molecule has 0 spiro atoms. The number of aldehydes is 1. The minimum absolute atomic E-state index is 0.415. The summed E-state index contributed by atoms with van der Waals surface area (Å²) in [4.78, 5) is 18.8.